The first-order valence-corrected chi connectivity index (χ1v) is 5.76. The number of hydrogen-bond donors (Lipinski definition) is 2. The molecule has 1 fully saturated rings. The summed E-state index contributed by atoms with van der Waals surface area (Å²) in [7, 11) is 0. The van der Waals surface area contributed by atoms with Crippen LogP contribution in [0, 0.1) is 6.92 Å². The first-order valence-electron chi connectivity index (χ1n) is 4.82. The smallest absolute Gasteiger partial charge is 0.238 e. The first-order chi connectivity index (χ1) is 6.75. The molecule has 0 saturated heterocycles. The van der Waals surface area contributed by atoms with Crippen LogP contribution in [-0.2, 0) is 4.79 Å². The summed E-state index contributed by atoms with van der Waals surface area (Å²) in [6.07, 6.45) is 2.43. The lowest BCUT2D eigenvalue weighted by molar-refractivity contribution is -0.115. The van der Waals surface area contributed by atoms with E-state index in [0.717, 1.165) is 11.3 Å². The molecule has 76 valence electrons. The average Bonchev–Trinajstić information content (AvgIpc) is 2.90. The highest BCUT2D eigenvalue weighted by atomic mass is 32.1. The summed E-state index contributed by atoms with van der Waals surface area (Å²) in [6.45, 7) is 2.43. The van der Waals surface area contributed by atoms with E-state index < -0.39 is 0 Å². The Labute approximate surface area is 87.5 Å². The van der Waals surface area contributed by atoms with E-state index in [1.165, 1.54) is 12.8 Å². The van der Waals surface area contributed by atoms with Crippen LogP contribution in [0.1, 0.15) is 18.4 Å². The van der Waals surface area contributed by atoms with Crippen molar-refractivity contribution in [3.63, 3.8) is 0 Å². The van der Waals surface area contributed by atoms with Crippen LogP contribution in [-0.4, -0.2) is 18.5 Å². The molecule has 3 nitrogen and oxygen atoms in total. The van der Waals surface area contributed by atoms with Crippen molar-refractivity contribution in [3.05, 3.63) is 16.3 Å². The van der Waals surface area contributed by atoms with Gasteiger partial charge in [0.15, 0.2) is 0 Å². The zero-order chi connectivity index (χ0) is 9.97. The van der Waals surface area contributed by atoms with Crippen molar-refractivity contribution in [1.82, 2.24) is 5.32 Å². The normalized spacial score (nSPS) is 15.5. The molecule has 1 saturated carbocycles. The first kappa shape index (κ1) is 9.68. The minimum Gasteiger partial charge on any atom is -0.324 e. The fourth-order valence-corrected chi connectivity index (χ4v) is 1.99. The fourth-order valence-electron chi connectivity index (χ4n) is 1.21. The van der Waals surface area contributed by atoms with Crippen LogP contribution in [0.2, 0.25) is 0 Å². The molecule has 0 bridgehead atoms. The summed E-state index contributed by atoms with van der Waals surface area (Å²) < 4.78 is 0. The van der Waals surface area contributed by atoms with Gasteiger partial charge in [-0.3, -0.25) is 4.79 Å². The van der Waals surface area contributed by atoms with Gasteiger partial charge in [-0.1, -0.05) is 0 Å². The van der Waals surface area contributed by atoms with Gasteiger partial charge in [0.1, 0.15) is 0 Å². The molecule has 4 heteroatoms. The van der Waals surface area contributed by atoms with Gasteiger partial charge >= 0.3 is 0 Å². The molecule has 0 radical (unpaired) electrons. The maximum atomic E-state index is 11.4. The maximum Gasteiger partial charge on any atom is 0.238 e. The Hall–Kier alpha value is -0.870. The Bertz CT molecular complexity index is 331. The van der Waals surface area contributed by atoms with Crippen LogP contribution in [0.4, 0.5) is 5.69 Å². The van der Waals surface area contributed by atoms with Gasteiger partial charge in [-0.25, -0.2) is 0 Å². The van der Waals surface area contributed by atoms with Crippen molar-refractivity contribution in [2.24, 2.45) is 0 Å². The highest BCUT2D eigenvalue weighted by Gasteiger charge is 2.21. The van der Waals surface area contributed by atoms with Gasteiger partial charge in [0, 0.05) is 11.4 Å². The second-order valence-electron chi connectivity index (χ2n) is 3.67. The molecule has 2 N–H and O–H groups in total. The summed E-state index contributed by atoms with van der Waals surface area (Å²) in [4.78, 5) is 11.4. The van der Waals surface area contributed by atoms with E-state index >= 15 is 0 Å². The highest BCUT2D eigenvalue weighted by Crippen LogP contribution is 2.20. The van der Waals surface area contributed by atoms with E-state index in [1.807, 2.05) is 17.7 Å². The van der Waals surface area contributed by atoms with Crippen molar-refractivity contribution < 1.29 is 4.79 Å². The highest BCUT2D eigenvalue weighted by molar-refractivity contribution is 7.08. The monoisotopic (exact) mass is 210 g/mol. The van der Waals surface area contributed by atoms with Gasteiger partial charge in [-0.2, -0.15) is 0 Å². The van der Waals surface area contributed by atoms with E-state index in [2.05, 4.69) is 10.6 Å². The van der Waals surface area contributed by atoms with Crippen LogP contribution in [0.5, 0.6) is 0 Å². The molecule has 1 aromatic heterocycles. The van der Waals surface area contributed by atoms with Crippen LogP contribution in [0.3, 0.4) is 0 Å². The largest absolute Gasteiger partial charge is 0.324 e. The van der Waals surface area contributed by atoms with Gasteiger partial charge in [0.05, 0.1) is 12.2 Å². The molecule has 1 aliphatic carbocycles. The molecule has 0 atom stereocenters. The second-order valence-corrected chi connectivity index (χ2v) is 4.42. The molecule has 1 aromatic rings. The molecule has 0 spiro atoms. The lowest BCUT2D eigenvalue weighted by Crippen LogP contribution is -2.29. The molecule has 1 heterocycles. The zero-order valence-electron chi connectivity index (χ0n) is 8.17. The van der Waals surface area contributed by atoms with Crippen LogP contribution in [0.25, 0.3) is 0 Å². The van der Waals surface area contributed by atoms with Crippen molar-refractivity contribution in [1.29, 1.82) is 0 Å². The summed E-state index contributed by atoms with van der Waals surface area (Å²) in [6, 6.07) is 0.587. The third kappa shape index (κ3) is 2.56. The number of thiophene rings is 1. The molecule has 0 unspecified atom stereocenters. The molecule has 2 rings (SSSR count). The quantitative estimate of drug-likeness (QED) is 0.795. The number of aryl methyl sites for hydroxylation is 1. The predicted molar refractivity (Wildman–Crippen MR) is 58.7 cm³/mol. The molecule has 1 aliphatic rings. The number of nitrogens with one attached hydrogen (secondary N) is 2. The van der Waals surface area contributed by atoms with E-state index in [9.17, 15) is 4.79 Å². The Morgan fingerprint density at radius 3 is 2.93 bits per heavy atom. The van der Waals surface area contributed by atoms with E-state index in [1.54, 1.807) is 11.3 Å². The summed E-state index contributed by atoms with van der Waals surface area (Å²) in [5, 5.41) is 10.1. The lowest BCUT2D eigenvalue weighted by Gasteiger charge is -2.04. The van der Waals surface area contributed by atoms with Crippen LogP contribution in [0.15, 0.2) is 10.8 Å². The van der Waals surface area contributed by atoms with Crippen molar-refractivity contribution in [3.8, 4) is 0 Å². The number of rotatable bonds is 4. The minimum atomic E-state index is 0.0541. The second kappa shape index (κ2) is 4.11. The topological polar surface area (TPSA) is 41.1 Å². The van der Waals surface area contributed by atoms with Crippen molar-refractivity contribution >= 4 is 22.9 Å². The van der Waals surface area contributed by atoms with Crippen LogP contribution >= 0.6 is 11.3 Å². The summed E-state index contributed by atoms with van der Waals surface area (Å²) in [5.74, 6) is 0.0541. The molecule has 14 heavy (non-hydrogen) atoms. The number of amides is 1. The SMILES string of the molecule is Cc1cscc1NC(=O)CNC1CC1. The maximum absolute atomic E-state index is 11.4. The predicted octanol–water partition coefficient (Wildman–Crippen LogP) is 1.75. The van der Waals surface area contributed by atoms with Crippen LogP contribution < -0.4 is 10.6 Å². The summed E-state index contributed by atoms with van der Waals surface area (Å²) >= 11 is 1.61. The van der Waals surface area contributed by atoms with Gasteiger partial charge in [-0.05, 0) is 30.7 Å². The number of carbonyl (C=O) groups excluding carboxylic acids is 1. The third-order valence-electron chi connectivity index (χ3n) is 2.26. The number of anilines is 1. The molecule has 0 aliphatic heterocycles. The van der Waals surface area contributed by atoms with Gasteiger partial charge in [0.25, 0.3) is 0 Å². The standard InChI is InChI=1S/C10H14N2OS/c1-7-5-14-6-9(7)12-10(13)4-11-8-2-3-8/h5-6,8,11H,2-4H2,1H3,(H,12,13). The fraction of sp³-hybridized carbons (Fsp3) is 0.500. The Morgan fingerprint density at radius 2 is 2.36 bits per heavy atom. The van der Waals surface area contributed by atoms with E-state index in [0.29, 0.717) is 12.6 Å². The Morgan fingerprint density at radius 1 is 1.57 bits per heavy atom. The van der Waals surface area contributed by atoms with Crippen molar-refractivity contribution in [2.75, 3.05) is 11.9 Å². The molecule has 1 amide bonds. The molecular weight excluding hydrogens is 196 g/mol. The molecular formula is C10H14N2OS. The lowest BCUT2D eigenvalue weighted by atomic mass is 10.3. The number of carbonyl (C=O) groups is 1. The van der Waals surface area contributed by atoms with E-state index in [-0.39, 0.29) is 5.91 Å². The molecule has 0 aromatic carbocycles. The van der Waals surface area contributed by atoms with Crippen molar-refractivity contribution in [2.45, 2.75) is 25.8 Å². The van der Waals surface area contributed by atoms with Gasteiger partial charge < -0.3 is 10.6 Å². The van der Waals surface area contributed by atoms with E-state index in [4.69, 9.17) is 0 Å². The van der Waals surface area contributed by atoms with Gasteiger partial charge in [0.2, 0.25) is 5.91 Å². The average molecular weight is 210 g/mol. The van der Waals surface area contributed by atoms with Gasteiger partial charge in [-0.15, -0.1) is 11.3 Å². The zero-order valence-corrected chi connectivity index (χ0v) is 8.99. The summed E-state index contributed by atoms with van der Waals surface area (Å²) in [5.41, 5.74) is 2.08. The Balaban J connectivity index is 1.78. The third-order valence-corrected chi connectivity index (χ3v) is 3.12. The minimum absolute atomic E-state index is 0.0541. The number of hydrogen-bond acceptors (Lipinski definition) is 3. The Kier molecular flexibility index (Phi) is 2.84.